The van der Waals surface area contributed by atoms with Crippen LogP contribution >= 0.6 is 12.2 Å². The van der Waals surface area contributed by atoms with Gasteiger partial charge in [-0.05, 0) is 25.5 Å². The van der Waals surface area contributed by atoms with E-state index in [1.165, 1.54) is 18.4 Å². The molecule has 0 spiro atoms. The Bertz CT molecular complexity index is 355. The van der Waals surface area contributed by atoms with Crippen LogP contribution in [0.1, 0.15) is 37.8 Å². The lowest BCUT2D eigenvalue weighted by atomic mass is 10.1. The Morgan fingerprint density at radius 1 is 1.24 bits per heavy atom. The van der Waals surface area contributed by atoms with Gasteiger partial charge in [0, 0.05) is 18.2 Å². The molecule has 0 atom stereocenters. The van der Waals surface area contributed by atoms with E-state index >= 15 is 0 Å². The van der Waals surface area contributed by atoms with E-state index in [-0.39, 0.29) is 0 Å². The second-order valence-electron chi connectivity index (χ2n) is 4.45. The summed E-state index contributed by atoms with van der Waals surface area (Å²) < 4.78 is 0. The fraction of sp³-hybridized carbons (Fsp3) is 0.500. The molecule has 0 saturated heterocycles. The number of hydrogen-bond donors (Lipinski definition) is 1. The Hall–Kier alpha value is -0.930. The van der Waals surface area contributed by atoms with Gasteiger partial charge in [0.1, 0.15) is 4.99 Å². The zero-order valence-corrected chi connectivity index (χ0v) is 11.8. The van der Waals surface area contributed by atoms with Crippen molar-refractivity contribution in [3.63, 3.8) is 0 Å². The minimum atomic E-state index is 0.463. The van der Waals surface area contributed by atoms with Crippen LogP contribution < -0.4 is 5.73 Å². The minimum absolute atomic E-state index is 0.463. The van der Waals surface area contributed by atoms with Gasteiger partial charge in [-0.2, -0.15) is 0 Å². The monoisotopic (exact) mass is 250 g/mol. The van der Waals surface area contributed by atoms with E-state index in [9.17, 15) is 0 Å². The van der Waals surface area contributed by atoms with Crippen molar-refractivity contribution in [1.82, 2.24) is 4.90 Å². The van der Waals surface area contributed by atoms with Crippen molar-refractivity contribution in [2.45, 2.75) is 39.3 Å². The van der Waals surface area contributed by atoms with E-state index in [1.807, 2.05) is 12.1 Å². The van der Waals surface area contributed by atoms with Gasteiger partial charge in [-0.1, -0.05) is 50.3 Å². The molecule has 0 aliphatic heterocycles. The molecule has 2 N–H and O–H groups in total. The number of nitrogens with two attached hydrogens (primary N) is 1. The summed E-state index contributed by atoms with van der Waals surface area (Å²) in [6.45, 7) is 5.45. The summed E-state index contributed by atoms with van der Waals surface area (Å²) >= 11 is 4.94. The zero-order valence-electron chi connectivity index (χ0n) is 10.9. The fourth-order valence-electron chi connectivity index (χ4n) is 2.10. The van der Waals surface area contributed by atoms with Gasteiger partial charge in [-0.3, -0.25) is 4.90 Å². The van der Waals surface area contributed by atoms with Gasteiger partial charge in [0.05, 0.1) is 0 Å². The maximum Gasteiger partial charge on any atom is 0.103 e. The van der Waals surface area contributed by atoms with Gasteiger partial charge in [0.25, 0.3) is 0 Å². The first-order valence-electron chi connectivity index (χ1n) is 6.17. The summed E-state index contributed by atoms with van der Waals surface area (Å²) in [6.07, 6.45) is 2.38. The van der Waals surface area contributed by atoms with Crippen LogP contribution in [0.15, 0.2) is 24.3 Å². The highest BCUT2D eigenvalue weighted by Crippen LogP contribution is 2.12. The summed E-state index contributed by atoms with van der Waals surface area (Å²) in [5.74, 6) is 0. The highest BCUT2D eigenvalue weighted by molar-refractivity contribution is 7.80. The molecule has 94 valence electrons. The topological polar surface area (TPSA) is 29.3 Å². The lowest BCUT2D eigenvalue weighted by molar-refractivity contribution is 0.222. The van der Waals surface area contributed by atoms with Crippen LogP contribution in [-0.4, -0.2) is 23.0 Å². The van der Waals surface area contributed by atoms with Crippen molar-refractivity contribution in [1.29, 1.82) is 0 Å². The smallest absolute Gasteiger partial charge is 0.103 e. The molecule has 0 amide bonds. The molecule has 0 bridgehead atoms. The maximum atomic E-state index is 5.58. The molecule has 1 aromatic carbocycles. The molecule has 0 fully saturated rings. The third kappa shape index (κ3) is 4.10. The van der Waals surface area contributed by atoms with Gasteiger partial charge in [0.15, 0.2) is 0 Å². The number of nitrogens with zero attached hydrogens (tertiary/aromatic N) is 1. The van der Waals surface area contributed by atoms with Crippen LogP contribution in [-0.2, 0) is 6.54 Å². The Morgan fingerprint density at radius 2 is 1.76 bits per heavy atom. The third-order valence-corrected chi connectivity index (χ3v) is 3.47. The van der Waals surface area contributed by atoms with E-state index in [0.29, 0.717) is 11.0 Å². The lowest BCUT2D eigenvalue weighted by Crippen LogP contribution is -2.29. The second-order valence-corrected chi connectivity index (χ2v) is 4.89. The van der Waals surface area contributed by atoms with Crippen molar-refractivity contribution in [2.75, 3.05) is 7.05 Å². The average molecular weight is 250 g/mol. The van der Waals surface area contributed by atoms with Crippen LogP contribution in [0.3, 0.4) is 0 Å². The lowest BCUT2D eigenvalue weighted by Gasteiger charge is -2.26. The van der Waals surface area contributed by atoms with E-state index in [4.69, 9.17) is 18.0 Å². The van der Waals surface area contributed by atoms with Crippen molar-refractivity contribution in [2.24, 2.45) is 5.73 Å². The molecular formula is C14H22N2S. The number of benzene rings is 1. The Balaban J connectivity index is 2.65. The van der Waals surface area contributed by atoms with Gasteiger partial charge >= 0.3 is 0 Å². The van der Waals surface area contributed by atoms with Gasteiger partial charge in [0.2, 0.25) is 0 Å². The number of rotatable bonds is 6. The van der Waals surface area contributed by atoms with E-state index in [1.54, 1.807) is 0 Å². The van der Waals surface area contributed by atoms with Crippen LogP contribution in [0, 0.1) is 0 Å². The molecule has 17 heavy (non-hydrogen) atoms. The minimum Gasteiger partial charge on any atom is -0.389 e. The van der Waals surface area contributed by atoms with E-state index in [2.05, 4.69) is 37.9 Å². The van der Waals surface area contributed by atoms with Crippen LogP contribution in [0.5, 0.6) is 0 Å². The number of hydrogen-bond acceptors (Lipinski definition) is 2. The fourth-order valence-corrected chi connectivity index (χ4v) is 2.24. The molecule has 3 heteroatoms. The summed E-state index contributed by atoms with van der Waals surface area (Å²) in [7, 11) is 2.18. The van der Waals surface area contributed by atoms with Crippen molar-refractivity contribution in [3.8, 4) is 0 Å². The highest BCUT2D eigenvalue weighted by atomic mass is 32.1. The molecule has 1 aromatic rings. The summed E-state index contributed by atoms with van der Waals surface area (Å²) in [6, 6.07) is 8.86. The van der Waals surface area contributed by atoms with Crippen molar-refractivity contribution >= 4 is 17.2 Å². The zero-order chi connectivity index (χ0) is 12.8. The summed E-state index contributed by atoms with van der Waals surface area (Å²) in [5.41, 5.74) is 7.82. The van der Waals surface area contributed by atoms with Crippen LogP contribution in [0.25, 0.3) is 0 Å². The molecule has 0 saturated carbocycles. The van der Waals surface area contributed by atoms with Gasteiger partial charge in [-0.25, -0.2) is 0 Å². The quantitative estimate of drug-likeness (QED) is 0.787. The first-order valence-corrected chi connectivity index (χ1v) is 6.58. The molecule has 0 aliphatic carbocycles. The van der Waals surface area contributed by atoms with Gasteiger partial charge < -0.3 is 5.73 Å². The summed E-state index contributed by atoms with van der Waals surface area (Å²) in [4.78, 5) is 2.86. The standard InChI is InChI=1S/C14H22N2S/c1-4-13(5-2)16(3)10-11-6-8-12(9-7-11)14(15)17/h6-9,13H,4-5,10H2,1-3H3,(H2,15,17). The van der Waals surface area contributed by atoms with E-state index < -0.39 is 0 Å². The first kappa shape index (κ1) is 14.1. The van der Waals surface area contributed by atoms with Crippen LogP contribution in [0.4, 0.5) is 0 Å². The third-order valence-electron chi connectivity index (χ3n) is 3.24. The van der Waals surface area contributed by atoms with Gasteiger partial charge in [-0.15, -0.1) is 0 Å². The number of thiocarbonyl (C=S) groups is 1. The molecule has 0 aromatic heterocycles. The Morgan fingerprint density at radius 3 is 2.18 bits per heavy atom. The molecule has 1 rings (SSSR count). The molecule has 0 aliphatic rings. The first-order chi connectivity index (χ1) is 8.08. The summed E-state index contributed by atoms with van der Waals surface area (Å²) in [5, 5.41) is 0. The van der Waals surface area contributed by atoms with Crippen molar-refractivity contribution in [3.05, 3.63) is 35.4 Å². The second kappa shape index (κ2) is 6.72. The molecule has 2 nitrogen and oxygen atoms in total. The molecule has 0 radical (unpaired) electrons. The van der Waals surface area contributed by atoms with E-state index in [0.717, 1.165) is 12.1 Å². The normalized spacial score (nSPS) is 11.1. The van der Waals surface area contributed by atoms with Crippen molar-refractivity contribution < 1.29 is 0 Å². The average Bonchev–Trinajstić information content (AvgIpc) is 2.31. The van der Waals surface area contributed by atoms with Crippen LogP contribution in [0.2, 0.25) is 0 Å². The highest BCUT2D eigenvalue weighted by Gasteiger charge is 2.10. The molecule has 0 unspecified atom stereocenters. The predicted molar refractivity (Wildman–Crippen MR) is 78.2 cm³/mol. The Labute approximate surface area is 110 Å². The largest absolute Gasteiger partial charge is 0.389 e. The Kier molecular flexibility index (Phi) is 5.59. The molecular weight excluding hydrogens is 228 g/mol. The predicted octanol–water partition coefficient (Wildman–Crippen LogP) is 2.94. The SMILES string of the molecule is CCC(CC)N(C)Cc1ccc(C(N)=S)cc1. The maximum absolute atomic E-state index is 5.58. The molecule has 0 heterocycles.